The molecule has 1 saturated heterocycles. The molecule has 7 nitrogen and oxygen atoms in total. The van der Waals surface area contributed by atoms with E-state index in [1.807, 2.05) is 4.90 Å². The van der Waals surface area contributed by atoms with E-state index in [0.717, 1.165) is 62.3 Å². The molecule has 2 aliphatic rings. The third-order valence-electron chi connectivity index (χ3n) is 5.56. The quantitative estimate of drug-likeness (QED) is 0.494. The van der Waals surface area contributed by atoms with Gasteiger partial charge in [0.1, 0.15) is 0 Å². The second-order valence-electron chi connectivity index (χ2n) is 7.59. The van der Waals surface area contributed by atoms with Gasteiger partial charge in [-0.2, -0.15) is 13.2 Å². The van der Waals surface area contributed by atoms with E-state index in [9.17, 15) is 18.0 Å². The van der Waals surface area contributed by atoms with Gasteiger partial charge in [-0.25, -0.2) is 4.98 Å². The number of alkyl halides is 3. The summed E-state index contributed by atoms with van der Waals surface area (Å²) in [5.74, 6) is 1.20. The predicted octanol–water partition coefficient (Wildman–Crippen LogP) is 1.81. The van der Waals surface area contributed by atoms with Crippen LogP contribution in [-0.2, 0) is 17.4 Å². The molecule has 1 aromatic rings. The summed E-state index contributed by atoms with van der Waals surface area (Å²) >= 11 is 1.02. The van der Waals surface area contributed by atoms with Crippen molar-refractivity contribution >= 4 is 23.2 Å². The first-order valence-electron chi connectivity index (χ1n) is 10.3. The summed E-state index contributed by atoms with van der Waals surface area (Å²) in [5, 5.41) is 7.81. The maximum Gasteiger partial charge on any atom is 0.434 e. The number of halogens is 3. The summed E-state index contributed by atoms with van der Waals surface area (Å²) in [6, 6.07) is 0. The van der Waals surface area contributed by atoms with E-state index < -0.39 is 11.9 Å². The first-order chi connectivity index (χ1) is 14.4. The average Bonchev–Trinajstić information content (AvgIpc) is 3.15. The fourth-order valence-electron chi connectivity index (χ4n) is 3.50. The Bertz CT molecular complexity index is 726. The molecule has 2 N–H and O–H groups in total. The maximum absolute atomic E-state index is 12.6. The monoisotopic (exact) mass is 446 g/mol. The zero-order valence-electron chi connectivity index (χ0n) is 17.2. The molecule has 0 radical (unpaired) electrons. The van der Waals surface area contributed by atoms with Gasteiger partial charge in [-0.05, 0) is 12.8 Å². The third kappa shape index (κ3) is 6.31. The maximum atomic E-state index is 12.6. The molecular formula is C19H29F3N6OS. The van der Waals surface area contributed by atoms with Gasteiger partial charge in [0.05, 0.1) is 5.01 Å². The average molecular weight is 447 g/mol. The van der Waals surface area contributed by atoms with Gasteiger partial charge in [-0.3, -0.25) is 14.7 Å². The Morgan fingerprint density at radius 3 is 2.50 bits per heavy atom. The van der Waals surface area contributed by atoms with Crippen LogP contribution in [0.2, 0.25) is 0 Å². The highest BCUT2D eigenvalue weighted by Gasteiger charge is 2.33. The summed E-state index contributed by atoms with van der Waals surface area (Å²) in [6.07, 6.45) is -0.730. The molecule has 1 amide bonds. The lowest BCUT2D eigenvalue weighted by Crippen LogP contribution is -2.52. The Hall–Kier alpha value is -1.88. The zero-order chi connectivity index (χ0) is 21.6. The summed E-state index contributed by atoms with van der Waals surface area (Å²) in [4.78, 5) is 24.4. The van der Waals surface area contributed by atoms with Crippen molar-refractivity contribution in [3.8, 4) is 0 Å². The lowest BCUT2D eigenvalue weighted by molar-refractivity contribution is -0.141. The molecule has 168 valence electrons. The van der Waals surface area contributed by atoms with Crippen LogP contribution in [0.4, 0.5) is 13.2 Å². The van der Waals surface area contributed by atoms with E-state index in [4.69, 9.17) is 0 Å². The second-order valence-corrected chi connectivity index (χ2v) is 8.54. The Balaban J connectivity index is 1.29. The Morgan fingerprint density at radius 1 is 1.23 bits per heavy atom. The van der Waals surface area contributed by atoms with E-state index in [0.29, 0.717) is 36.4 Å². The van der Waals surface area contributed by atoms with Crippen molar-refractivity contribution in [3.05, 3.63) is 16.1 Å². The summed E-state index contributed by atoms with van der Waals surface area (Å²) in [6.45, 7) is 5.31. The number of guanidine groups is 1. The minimum Gasteiger partial charge on any atom is -0.356 e. The van der Waals surface area contributed by atoms with E-state index in [1.54, 1.807) is 7.05 Å². The number of aromatic nitrogens is 1. The molecule has 3 rings (SSSR count). The largest absolute Gasteiger partial charge is 0.434 e. The molecule has 0 aromatic carbocycles. The SMILES string of the molecule is CN=C(NCCc1nc(C(F)(F)F)cs1)NCCN1CCN(C(=O)C2CCC2)CC1. The molecule has 0 atom stereocenters. The summed E-state index contributed by atoms with van der Waals surface area (Å²) in [5.41, 5.74) is -0.834. The molecule has 1 aromatic heterocycles. The van der Waals surface area contributed by atoms with Gasteiger partial charge in [0.15, 0.2) is 11.7 Å². The van der Waals surface area contributed by atoms with Crippen LogP contribution in [0.3, 0.4) is 0 Å². The Morgan fingerprint density at radius 2 is 1.93 bits per heavy atom. The number of nitrogens with one attached hydrogen (secondary N) is 2. The number of piperazine rings is 1. The molecular weight excluding hydrogens is 417 g/mol. The van der Waals surface area contributed by atoms with Crippen LogP contribution in [0, 0.1) is 5.92 Å². The molecule has 0 spiro atoms. The fraction of sp³-hybridized carbons (Fsp3) is 0.737. The first kappa shape index (κ1) is 22.8. The number of carbonyl (C=O) groups is 1. The van der Waals surface area contributed by atoms with Crippen LogP contribution >= 0.6 is 11.3 Å². The molecule has 1 aliphatic carbocycles. The van der Waals surface area contributed by atoms with Crippen molar-refractivity contribution in [1.29, 1.82) is 0 Å². The lowest BCUT2D eigenvalue weighted by atomic mass is 9.84. The van der Waals surface area contributed by atoms with Crippen molar-refractivity contribution in [2.24, 2.45) is 10.9 Å². The van der Waals surface area contributed by atoms with E-state index >= 15 is 0 Å². The van der Waals surface area contributed by atoms with Gasteiger partial charge in [-0.15, -0.1) is 11.3 Å². The number of nitrogens with zero attached hydrogens (tertiary/aromatic N) is 4. The highest BCUT2D eigenvalue weighted by Crippen LogP contribution is 2.30. The van der Waals surface area contributed by atoms with Crippen molar-refractivity contribution in [2.75, 3.05) is 52.9 Å². The number of carbonyl (C=O) groups excluding carboxylic acids is 1. The fourth-order valence-corrected chi connectivity index (χ4v) is 4.31. The van der Waals surface area contributed by atoms with E-state index in [2.05, 4.69) is 25.5 Å². The van der Waals surface area contributed by atoms with Crippen LogP contribution < -0.4 is 10.6 Å². The molecule has 2 heterocycles. The van der Waals surface area contributed by atoms with Gasteiger partial charge < -0.3 is 15.5 Å². The predicted molar refractivity (Wildman–Crippen MR) is 111 cm³/mol. The number of hydrogen-bond acceptors (Lipinski definition) is 5. The standard InChI is InChI=1S/C19H29F3N6OS/c1-23-18(24-6-5-16-26-15(13-30-16)19(20,21)22)25-7-8-27-9-11-28(12-10-27)17(29)14-3-2-4-14/h13-14H,2-12H2,1H3,(H2,23,24,25). The van der Waals surface area contributed by atoms with Crippen molar-refractivity contribution < 1.29 is 18.0 Å². The van der Waals surface area contributed by atoms with Gasteiger partial charge in [-0.1, -0.05) is 6.42 Å². The van der Waals surface area contributed by atoms with Gasteiger partial charge >= 0.3 is 6.18 Å². The topological polar surface area (TPSA) is 72.9 Å². The molecule has 30 heavy (non-hydrogen) atoms. The smallest absolute Gasteiger partial charge is 0.356 e. The molecule has 0 bridgehead atoms. The number of thiazole rings is 1. The van der Waals surface area contributed by atoms with Crippen molar-refractivity contribution in [3.63, 3.8) is 0 Å². The van der Waals surface area contributed by atoms with Gasteiger partial charge in [0.25, 0.3) is 0 Å². The van der Waals surface area contributed by atoms with Crippen LogP contribution in [-0.4, -0.2) is 79.5 Å². The normalized spacial score (nSPS) is 18.9. The van der Waals surface area contributed by atoms with Gasteiger partial charge in [0, 0.05) is 70.6 Å². The first-order valence-corrected chi connectivity index (χ1v) is 11.2. The highest BCUT2D eigenvalue weighted by atomic mass is 32.1. The molecule has 11 heteroatoms. The third-order valence-corrected chi connectivity index (χ3v) is 6.46. The van der Waals surface area contributed by atoms with E-state index in [-0.39, 0.29) is 5.92 Å². The minimum absolute atomic E-state index is 0.261. The minimum atomic E-state index is -4.39. The van der Waals surface area contributed by atoms with Crippen LogP contribution in [0.5, 0.6) is 0 Å². The lowest BCUT2D eigenvalue weighted by Gasteiger charge is -2.38. The summed E-state index contributed by atoms with van der Waals surface area (Å²) < 4.78 is 37.8. The number of aliphatic imine (C=N–C) groups is 1. The van der Waals surface area contributed by atoms with Crippen molar-refractivity contribution in [2.45, 2.75) is 31.9 Å². The molecule has 0 unspecified atom stereocenters. The van der Waals surface area contributed by atoms with Crippen LogP contribution in [0.15, 0.2) is 10.4 Å². The molecule has 1 saturated carbocycles. The Labute approximate surface area is 178 Å². The Kier molecular flexibility index (Phi) is 7.93. The van der Waals surface area contributed by atoms with Crippen molar-refractivity contribution in [1.82, 2.24) is 25.4 Å². The second kappa shape index (κ2) is 10.4. The molecule has 1 aliphatic heterocycles. The summed E-state index contributed by atoms with van der Waals surface area (Å²) in [7, 11) is 1.66. The van der Waals surface area contributed by atoms with E-state index in [1.165, 1.54) is 6.42 Å². The number of rotatable bonds is 7. The van der Waals surface area contributed by atoms with Crippen LogP contribution in [0.25, 0.3) is 0 Å². The molecule has 2 fully saturated rings. The highest BCUT2D eigenvalue weighted by molar-refractivity contribution is 7.09. The van der Waals surface area contributed by atoms with Gasteiger partial charge in [0.2, 0.25) is 5.91 Å². The van der Waals surface area contributed by atoms with Crippen LogP contribution in [0.1, 0.15) is 30.0 Å². The number of amides is 1. The number of hydrogen-bond donors (Lipinski definition) is 2. The zero-order valence-corrected chi connectivity index (χ0v) is 18.0.